The monoisotopic (exact) mass is 449 g/mol. The summed E-state index contributed by atoms with van der Waals surface area (Å²) in [5, 5.41) is 9.78. The highest BCUT2D eigenvalue weighted by Gasteiger charge is 2.35. The summed E-state index contributed by atoms with van der Waals surface area (Å²) in [6, 6.07) is 27.2. The molecule has 33 heavy (non-hydrogen) atoms. The Morgan fingerprint density at radius 3 is 2.30 bits per heavy atom. The molecule has 0 spiro atoms. The average Bonchev–Trinajstić information content (AvgIpc) is 3.32. The van der Waals surface area contributed by atoms with E-state index in [1.165, 1.54) is 4.90 Å². The van der Waals surface area contributed by atoms with Gasteiger partial charge in [0.25, 0.3) is 11.1 Å². The summed E-state index contributed by atoms with van der Waals surface area (Å²) in [5.41, 5.74) is 4.55. The Balaban J connectivity index is 1.45. The molecule has 1 fully saturated rings. The summed E-state index contributed by atoms with van der Waals surface area (Å²) in [4.78, 5) is 27.3. The normalized spacial score (nSPS) is 14.9. The maximum absolute atomic E-state index is 13.0. The first-order valence-electron chi connectivity index (χ1n) is 10.5. The lowest BCUT2D eigenvalue weighted by Gasteiger charge is -2.12. The van der Waals surface area contributed by atoms with Gasteiger partial charge in [-0.1, -0.05) is 60.7 Å². The molecule has 0 radical (unpaired) electrons. The van der Waals surface area contributed by atoms with Crippen molar-refractivity contribution in [1.82, 2.24) is 9.47 Å². The van der Waals surface area contributed by atoms with Gasteiger partial charge in [0.2, 0.25) is 0 Å². The van der Waals surface area contributed by atoms with Gasteiger partial charge < -0.3 is 4.57 Å². The van der Waals surface area contributed by atoms with Crippen molar-refractivity contribution in [2.45, 2.75) is 13.1 Å². The fraction of sp³-hybridized carbons (Fsp3) is 0.0741. The molecule has 6 heteroatoms. The zero-order valence-electron chi connectivity index (χ0n) is 17.6. The van der Waals surface area contributed by atoms with Crippen LogP contribution in [-0.4, -0.2) is 20.6 Å². The van der Waals surface area contributed by atoms with Crippen LogP contribution in [0.25, 0.3) is 17.0 Å². The van der Waals surface area contributed by atoms with Crippen LogP contribution in [0.2, 0.25) is 0 Å². The molecular weight excluding hydrogens is 430 g/mol. The topological polar surface area (TPSA) is 66.1 Å². The molecule has 1 aliphatic heterocycles. The standard InChI is InChI=1S/C27H19N3O2S/c28-15-19-10-12-21(13-11-19)16-29-18-22(23-8-4-5-9-24(23)29)14-25-26(31)30(27(32)33-25)17-20-6-2-1-3-7-20/h1-14,18H,16-17H2/b25-14-. The molecule has 5 rings (SSSR count). The quantitative estimate of drug-likeness (QED) is 0.361. The number of rotatable bonds is 5. The number of carbonyl (C=O) groups is 2. The second-order valence-electron chi connectivity index (χ2n) is 7.79. The predicted molar refractivity (Wildman–Crippen MR) is 130 cm³/mol. The summed E-state index contributed by atoms with van der Waals surface area (Å²) in [5.74, 6) is -0.266. The Morgan fingerprint density at radius 2 is 1.55 bits per heavy atom. The van der Waals surface area contributed by atoms with Gasteiger partial charge in [0, 0.05) is 29.2 Å². The first-order valence-corrected chi connectivity index (χ1v) is 11.3. The third-order valence-corrected chi connectivity index (χ3v) is 6.51. The van der Waals surface area contributed by atoms with Gasteiger partial charge in [0.1, 0.15) is 0 Å². The minimum Gasteiger partial charge on any atom is -0.342 e. The Labute approximate surface area is 195 Å². The molecule has 1 aromatic heterocycles. The molecule has 2 heterocycles. The Bertz CT molecular complexity index is 1430. The van der Waals surface area contributed by atoms with Crippen molar-refractivity contribution in [2.24, 2.45) is 0 Å². The van der Waals surface area contributed by atoms with Crippen molar-refractivity contribution in [3.63, 3.8) is 0 Å². The number of nitrogens with zero attached hydrogens (tertiary/aromatic N) is 3. The molecule has 5 nitrogen and oxygen atoms in total. The van der Waals surface area contributed by atoms with Crippen molar-refractivity contribution < 1.29 is 9.59 Å². The summed E-state index contributed by atoms with van der Waals surface area (Å²) < 4.78 is 2.12. The van der Waals surface area contributed by atoms with Gasteiger partial charge in [-0.3, -0.25) is 14.5 Å². The van der Waals surface area contributed by atoms with Crippen LogP contribution in [-0.2, 0) is 17.9 Å². The SMILES string of the molecule is N#Cc1ccc(Cn2cc(/C=C3\SC(=O)N(Cc4ccccc4)C3=O)c3ccccc32)cc1. The van der Waals surface area contributed by atoms with E-state index in [1.54, 1.807) is 0 Å². The predicted octanol–water partition coefficient (Wildman–Crippen LogP) is 5.80. The van der Waals surface area contributed by atoms with Crippen molar-refractivity contribution in [2.75, 3.05) is 0 Å². The molecule has 2 amide bonds. The first-order chi connectivity index (χ1) is 16.1. The van der Waals surface area contributed by atoms with E-state index in [4.69, 9.17) is 5.26 Å². The maximum atomic E-state index is 13.0. The largest absolute Gasteiger partial charge is 0.342 e. The molecule has 3 aromatic carbocycles. The zero-order valence-corrected chi connectivity index (χ0v) is 18.5. The van der Waals surface area contributed by atoms with Crippen LogP contribution in [0, 0.1) is 11.3 Å². The minimum absolute atomic E-state index is 0.253. The number of thioether (sulfide) groups is 1. The number of nitriles is 1. The summed E-state index contributed by atoms with van der Waals surface area (Å²) in [6.45, 7) is 0.902. The van der Waals surface area contributed by atoms with Gasteiger partial charge in [0.15, 0.2) is 0 Å². The molecular formula is C27H19N3O2S. The molecule has 0 atom stereocenters. The zero-order chi connectivity index (χ0) is 22.8. The van der Waals surface area contributed by atoms with Crippen molar-refractivity contribution >= 4 is 39.9 Å². The lowest BCUT2D eigenvalue weighted by molar-refractivity contribution is -0.123. The number of hydrogen-bond donors (Lipinski definition) is 0. The number of amides is 2. The number of para-hydroxylation sites is 1. The fourth-order valence-corrected chi connectivity index (χ4v) is 4.78. The molecule has 0 N–H and O–H groups in total. The molecule has 4 aromatic rings. The highest BCUT2D eigenvalue weighted by Crippen LogP contribution is 2.35. The van der Waals surface area contributed by atoms with Crippen molar-refractivity contribution in [3.8, 4) is 6.07 Å². The lowest BCUT2D eigenvalue weighted by atomic mass is 10.1. The summed E-state index contributed by atoms with van der Waals surface area (Å²) in [6.07, 6.45) is 3.82. The highest BCUT2D eigenvalue weighted by atomic mass is 32.2. The summed E-state index contributed by atoms with van der Waals surface area (Å²) >= 11 is 0.980. The lowest BCUT2D eigenvalue weighted by Crippen LogP contribution is -2.27. The van der Waals surface area contributed by atoms with Crippen LogP contribution in [0.5, 0.6) is 0 Å². The third-order valence-electron chi connectivity index (χ3n) is 5.60. The molecule has 160 valence electrons. The molecule has 1 saturated heterocycles. The fourth-order valence-electron chi connectivity index (χ4n) is 3.95. The van der Waals surface area contributed by atoms with E-state index in [9.17, 15) is 9.59 Å². The number of fused-ring (bicyclic) bond motifs is 1. The molecule has 1 aliphatic rings. The van der Waals surface area contributed by atoms with Crippen LogP contribution in [0.1, 0.15) is 22.3 Å². The van der Waals surface area contributed by atoms with Crippen molar-refractivity contribution in [1.29, 1.82) is 5.26 Å². The van der Waals surface area contributed by atoms with Crippen LogP contribution >= 0.6 is 11.8 Å². The number of aromatic nitrogens is 1. The van der Waals surface area contributed by atoms with E-state index in [0.717, 1.165) is 39.4 Å². The van der Waals surface area contributed by atoms with Crippen LogP contribution < -0.4 is 0 Å². The highest BCUT2D eigenvalue weighted by molar-refractivity contribution is 8.18. The van der Waals surface area contributed by atoms with Crippen molar-refractivity contribution in [3.05, 3.63) is 112 Å². The second kappa shape index (κ2) is 8.81. The third kappa shape index (κ3) is 4.19. The van der Waals surface area contributed by atoms with E-state index in [1.807, 2.05) is 91.1 Å². The number of benzene rings is 3. The average molecular weight is 450 g/mol. The Morgan fingerprint density at radius 1 is 0.848 bits per heavy atom. The van der Waals surface area contributed by atoms with Gasteiger partial charge in [-0.05, 0) is 47.2 Å². The molecule has 0 bridgehead atoms. The second-order valence-corrected chi connectivity index (χ2v) is 8.78. The molecule has 0 unspecified atom stereocenters. The van der Waals surface area contributed by atoms with Gasteiger partial charge in [-0.2, -0.15) is 5.26 Å². The van der Waals surface area contributed by atoms with E-state index in [-0.39, 0.29) is 17.7 Å². The first kappa shape index (κ1) is 20.8. The molecule has 0 saturated carbocycles. The minimum atomic E-state index is -0.266. The van der Waals surface area contributed by atoms with Gasteiger partial charge >= 0.3 is 0 Å². The number of hydrogen-bond acceptors (Lipinski definition) is 4. The molecule has 0 aliphatic carbocycles. The van der Waals surface area contributed by atoms with E-state index in [2.05, 4.69) is 10.6 Å². The Hall–Kier alpha value is -4.08. The Kier molecular flexibility index (Phi) is 5.55. The van der Waals surface area contributed by atoms with E-state index < -0.39 is 0 Å². The van der Waals surface area contributed by atoms with Gasteiger partial charge in [-0.25, -0.2) is 0 Å². The summed E-state index contributed by atoms with van der Waals surface area (Å²) in [7, 11) is 0. The van der Waals surface area contributed by atoms with Crippen LogP contribution in [0.15, 0.2) is 90.0 Å². The maximum Gasteiger partial charge on any atom is 0.293 e. The smallest absolute Gasteiger partial charge is 0.293 e. The number of imide groups is 1. The van der Waals surface area contributed by atoms with Gasteiger partial charge in [0.05, 0.1) is 23.1 Å². The van der Waals surface area contributed by atoms with Crippen LogP contribution in [0.4, 0.5) is 4.79 Å². The number of carbonyl (C=O) groups excluding carboxylic acids is 2. The van der Waals surface area contributed by atoms with E-state index >= 15 is 0 Å². The van der Waals surface area contributed by atoms with E-state index in [0.29, 0.717) is 17.0 Å². The van der Waals surface area contributed by atoms with Crippen LogP contribution in [0.3, 0.4) is 0 Å². The van der Waals surface area contributed by atoms with Gasteiger partial charge in [-0.15, -0.1) is 0 Å².